The van der Waals surface area contributed by atoms with Crippen LogP contribution < -0.4 is 9.47 Å². The lowest BCUT2D eigenvalue weighted by Crippen LogP contribution is -2.07. The van der Waals surface area contributed by atoms with Crippen molar-refractivity contribution in [1.82, 2.24) is 0 Å². The van der Waals surface area contributed by atoms with Gasteiger partial charge in [0.1, 0.15) is 31.3 Å². The second kappa shape index (κ2) is 12.0. The van der Waals surface area contributed by atoms with Gasteiger partial charge in [-0.3, -0.25) is 0 Å². The summed E-state index contributed by atoms with van der Waals surface area (Å²) in [7, 11) is 0. The molecule has 4 aromatic rings. The summed E-state index contributed by atoms with van der Waals surface area (Å²) < 4.78 is 17.4. The van der Waals surface area contributed by atoms with Crippen molar-refractivity contribution >= 4 is 40.8 Å². The number of benzene rings is 4. The van der Waals surface area contributed by atoms with Gasteiger partial charge < -0.3 is 14.2 Å². The highest BCUT2D eigenvalue weighted by atomic mass is 35.5. The normalized spacial score (nSPS) is 10.6. The minimum Gasteiger partial charge on any atom is -0.489 e. The molecule has 4 rings (SSSR count). The van der Waals surface area contributed by atoms with Gasteiger partial charge in [-0.05, 0) is 30.3 Å². The molecular weight excluding hydrogens is 507 g/mol. The SMILES string of the molecule is O=C(OCc1ccccc1Cl)c1cc(OCc2ccccc2Cl)cc(OCc2ccccc2Cl)c1. The second-order valence-electron chi connectivity index (χ2n) is 7.62. The van der Waals surface area contributed by atoms with E-state index in [-0.39, 0.29) is 25.4 Å². The number of halogens is 3. The van der Waals surface area contributed by atoms with E-state index in [1.54, 1.807) is 42.5 Å². The van der Waals surface area contributed by atoms with Crippen LogP contribution in [-0.4, -0.2) is 5.97 Å². The minimum atomic E-state index is -0.532. The van der Waals surface area contributed by atoms with Crippen LogP contribution in [0.1, 0.15) is 27.0 Å². The third kappa shape index (κ3) is 6.92. The number of esters is 1. The molecule has 4 aromatic carbocycles. The molecule has 0 N–H and O–H groups in total. The van der Waals surface area contributed by atoms with Crippen molar-refractivity contribution in [3.05, 3.63) is 128 Å². The van der Waals surface area contributed by atoms with Crippen molar-refractivity contribution in [2.45, 2.75) is 19.8 Å². The molecule has 0 spiro atoms. The number of hydrogen-bond acceptors (Lipinski definition) is 4. The zero-order valence-electron chi connectivity index (χ0n) is 18.5. The van der Waals surface area contributed by atoms with Crippen LogP contribution in [0.15, 0.2) is 91.0 Å². The lowest BCUT2D eigenvalue weighted by atomic mass is 10.2. The Morgan fingerprint density at radius 2 is 0.971 bits per heavy atom. The van der Waals surface area contributed by atoms with E-state index < -0.39 is 5.97 Å². The Morgan fingerprint density at radius 1 is 0.571 bits per heavy atom. The maximum atomic E-state index is 12.9. The van der Waals surface area contributed by atoms with E-state index in [1.165, 1.54) is 0 Å². The van der Waals surface area contributed by atoms with Crippen molar-refractivity contribution in [1.29, 1.82) is 0 Å². The van der Waals surface area contributed by atoms with Gasteiger partial charge in [-0.1, -0.05) is 89.4 Å². The van der Waals surface area contributed by atoms with E-state index in [1.807, 2.05) is 48.5 Å². The molecule has 0 aliphatic heterocycles. The first kappa shape index (κ1) is 24.9. The highest BCUT2D eigenvalue weighted by molar-refractivity contribution is 6.31. The van der Waals surface area contributed by atoms with Crippen LogP contribution in [0.25, 0.3) is 0 Å². The third-order valence-corrected chi connectivity index (χ3v) is 6.24. The fourth-order valence-corrected chi connectivity index (χ4v) is 3.82. The number of ether oxygens (including phenoxy) is 3. The van der Waals surface area contributed by atoms with Crippen LogP contribution in [-0.2, 0) is 24.6 Å². The highest BCUT2D eigenvalue weighted by Crippen LogP contribution is 2.27. The van der Waals surface area contributed by atoms with Gasteiger partial charge in [-0.15, -0.1) is 0 Å². The summed E-state index contributed by atoms with van der Waals surface area (Å²) in [6, 6.07) is 26.9. The smallest absolute Gasteiger partial charge is 0.338 e. The van der Waals surface area contributed by atoms with Crippen LogP contribution in [0.2, 0.25) is 15.1 Å². The van der Waals surface area contributed by atoms with E-state index >= 15 is 0 Å². The average Bonchev–Trinajstić information content (AvgIpc) is 2.87. The molecule has 0 radical (unpaired) electrons. The van der Waals surface area contributed by atoms with Gasteiger partial charge in [0.2, 0.25) is 0 Å². The summed E-state index contributed by atoms with van der Waals surface area (Å²) in [5.74, 6) is 0.341. The number of carbonyl (C=O) groups excluding carboxylic acids is 1. The topological polar surface area (TPSA) is 44.8 Å². The standard InChI is InChI=1S/C28H21Cl3O4/c29-25-10-4-1-7-19(25)16-33-23-13-22(28(32)35-18-21-9-3-6-12-27(21)31)14-24(15-23)34-17-20-8-2-5-11-26(20)30/h1-15H,16-18H2. The molecule has 0 aromatic heterocycles. The summed E-state index contributed by atoms with van der Waals surface area (Å²) in [5.41, 5.74) is 2.63. The molecule has 4 nitrogen and oxygen atoms in total. The lowest BCUT2D eigenvalue weighted by Gasteiger charge is -2.14. The van der Waals surface area contributed by atoms with Crippen molar-refractivity contribution in [2.75, 3.05) is 0 Å². The van der Waals surface area contributed by atoms with Crippen LogP contribution >= 0.6 is 34.8 Å². The zero-order chi connectivity index (χ0) is 24.6. The Bertz CT molecular complexity index is 1260. The van der Waals surface area contributed by atoms with E-state index in [0.29, 0.717) is 32.1 Å². The summed E-state index contributed by atoms with van der Waals surface area (Å²) in [6.07, 6.45) is 0. The predicted molar refractivity (Wildman–Crippen MR) is 139 cm³/mol. The van der Waals surface area contributed by atoms with E-state index in [4.69, 9.17) is 49.0 Å². The molecule has 0 bridgehead atoms. The molecule has 0 aliphatic rings. The monoisotopic (exact) mass is 526 g/mol. The summed E-state index contributed by atoms with van der Waals surface area (Å²) in [4.78, 5) is 12.9. The van der Waals surface area contributed by atoms with E-state index in [2.05, 4.69) is 0 Å². The largest absolute Gasteiger partial charge is 0.489 e. The van der Waals surface area contributed by atoms with Gasteiger partial charge in [0.25, 0.3) is 0 Å². The first-order chi connectivity index (χ1) is 17.0. The first-order valence-electron chi connectivity index (χ1n) is 10.8. The number of hydrogen-bond donors (Lipinski definition) is 0. The molecule has 7 heteroatoms. The van der Waals surface area contributed by atoms with Crippen molar-refractivity contribution in [3.63, 3.8) is 0 Å². The Balaban J connectivity index is 1.53. The fourth-order valence-electron chi connectivity index (χ4n) is 3.25. The molecular formula is C28H21Cl3O4. The molecule has 178 valence electrons. The van der Waals surface area contributed by atoms with Crippen LogP contribution in [0.4, 0.5) is 0 Å². The third-order valence-electron chi connectivity index (χ3n) is 5.14. The number of rotatable bonds is 9. The molecule has 0 saturated carbocycles. The van der Waals surface area contributed by atoms with E-state index in [9.17, 15) is 4.79 Å². The summed E-state index contributed by atoms with van der Waals surface area (Å²) in [5, 5.41) is 1.72. The Morgan fingerprint density at radius 3 is 1.40 bits per heavy atom. The van der Waals surface area contributed by atoms with Crippen molar-refractivity contribution < 1.29 is 19.0 Å². The quantitative estimate of drug-likeness (QED) is 0.206. The lowest BCUT2D eigenvalue weighted by molar-refractivity contribution is 0.0471. The zero-order valence-corrected chi connectivity index (χ0v) is 20.8. The van der Waals surface area contributed by atoms with Gasteiger partial charge in [0.05, 0.1) is 5.56 Å². The number of carbonyl (C=O) groups is 1. The predicted octanol–water partition coefficient (Wildman–Crippen LogP) is 8.16. The molecule has 35 heavy (non-hydrogen) atoms. The molecule has 0 heterocycles. The Labute approximate surface area is 218 Å². The Hall–Kier alpha value is -3.18. The first-order valence-corrected chi connectivity index (χ1v) is 11.9. The summed E-state index contributed by atoms with van der Waals surface area (Å²) >= 11 is 18.7. The Kier molecular flexibility index (Phi) is 8.54. The molecule has 0 saturated heterocycles. The van der Waals surface area contributed by atoms with Crippen molar-refractivity contribution in [3.8, 4) is 11.5 Å². The van der Waals surface area contributed by atoms with Crippen LogP contribution in [0, 0.1) is 0 Å². The van der Waals surface area contributed by atoms with Gasteiger partial charge in [0.15, 0.2) is 0 Å². The molecule has 0 fully saturated rings. The van der Waals surface area contributed by atoms with Gasteiger partial charge in [-0.25, -0.2) is 4.79 Å². The fraction of sp³-hybridized carbons (Fsp3) is 0.107. The minimum absolute atomic E-state index is 0.0407. The summed E-state index contributed by atoms with van der Waals surface area (Å²) in [6.45, 7) is 0.489. The second-order valence-corrected chi connectivity index (χ2v) is 8.84. The maximum absolute atomic E-state index is 12.9. The van der Waals surface area contributed by atoms with E-state index in [0.717, 1.165) is 11.1 Å². The molecule has 0 aliphatic carbocycles. The molecule has 0 amide bonds. The van der Waals surface area contributed by atoms with Gasteiger partial charge >= 0.3 is 5.97 Å². The average molecular weight is 528 g/mol. The van der Waals surface area contributed by atoms with Crippen LogP contribution in [0.5, 0.6) is 11.5 Å². The molecule has 0 unspecified atom stereocenters. The highest BCUT2D eigenvalue weighted by Gasteiger charge is 2.14. The van der Waals surface area contributed by atoms with Gasteiger partial charge in [0, 0.05) is 37.8 Å². The van der Waals surface area contributed by atoms with Gasteiger partial charge in [-0.2, -0.15) is 0 Å². The maximum Gasteiger partial charge on any atom is 0.338 e. The van der Waals surface area contributed by atoms with Crippen LogP contribution in [0.3, 0.4) is 0 Å². The molecule has 0 atom stereocenters. The van der Waals surface area contributed by atoms with Crippen molar-refractivity contribution in [2.24, 2.45) is 0 Å².